The summed E-state index contributed by atoms with van der Waals surface area (Å²) < 4.78 is 32.8. The van der Waals surface area contributed by atoms with Gasteiger partial charge in [0.2, 0.25) is 10.0 Å². The van der Waals surface area contributed by atoms with Crippen LogP contribution in [0.1, 0.15) is 10.6 Å². The molecule has 0 atom stereocenters. The lowest BCUT2D eigenvalue weighted by Gasteiger charge is -2.31. The number of sulfonamides is 1. The summed E-state index contributed by atoms with van der Waals surface area (Å²) >= 11 is 0. The summed E-state index contributed by atoms with van der Waals surface area (Å²) in [6.45, 7) is 2.34. The van der Waals surface area contributed by atoms with E-state index in [1.54, 1.807) is 30.3 Å². The molecular weight excluding hydrogens is 316 g/mol. The number of rotatable bonds is 4. The minimum Gasteiger partial charge on any atom is -0.453 e. The summed E-state index contributed by atoms with van der Waals surface area (Å²) in [7, 11) is -1.63. The van der Waals surface area contributed by atoms with Gasteiger partial charge in [0.25, 0.3) is 0 Å². The Balaban J connectivity index is 2.01. The summed E-state index contributed by atoms with van der Waals surface area (Å²) in [5, 5.41) is 0. The highest BCUT2D eigenvalue weighted by Crippen LogP contribution is 2.30. The van der Waals surface area contributed by atoms with Crippen molar-refractivity contribution < 1.29 is 17.6 Å². The third kappa shape index (κ3) is 3.08. The van der Waals surface area contributed by atoms with Crippen LogP contribution < -0.4 is 0 Å². The number of furan rings is 1. The molecule has 7 heteroatoms. The fourth-order valence-electron chi connectivity index (χ4n) is 2.62. The van der Waals surface area contributed by atoms with Crippen LogP contribution in [0.3, 0.4) is 0 Å². The topological polar surface area (TPSA) is 70.8 Å². The van der Waals surface area contributed by atoms with E-state index in [0.717, 1.165) is 0 Å². The highest BCUT2D eigenvalue weighted by molar-refractivity contribution is 7.89. The Morgan fingerprint density at radius 3 is 2.39 bits per heavy atom. The first-order valence-corrected chi connectivity index (χ1v) is 8.79. The van der Waals surface area contributed by atoms with Gasteiger partial charge in [-0.05, 0) is 31.3 Å². The lowest BCUT2D eigenvalue weighted by Crippen LogP contribution is -2.47. The van der Waals surface area contributed by atoms with E-state index < -0.39 is 10.0 Å². The second kappa shape index (κ2) is 6.27. The molecule has 122 valence electrons. The van der Waals surface area contributed by atoms with E-state index >= 15 is 0 Å². The minimum absolute atomic E-state index is 0.173. The number of carbonyl (C=O) groups excluding carboxylic acids is 1. The SMILES string of the molecule is CN1CCN(S(=O)(=O)c2ccccc2-c2ccc(C=O)o2)CC1. The standard InChI is InChI=1S/C16H18N2O4S/c1-17-8-10-18(11-9-17)23(20,21)16-5-3-2-4-14(16)15-7-6-13(12-19)22-15/h2-7,12H,8-11H2,1H3. The first kappa shape index (κ1) is 15.9. The van der Waals surface area contributed by atoms with Crippen molar-refractivity contribution in [1.82, 2.24) is 9.21 Å². The van der Waals surface area contributed by atoms with Crippen LogP contribution in [0.2, 0.25) is 0 Å². The minimum atomic E-state index is -3.60. The van der Waals surface area contributed by atoms with Gasteiger partial charge in [0.15, 0.2) is 12.0 Å². The van der Waals surface area contributed by atoms with Crippen molar-refractivity contribution in [3.05, 3.63) is 42.2 Å². The lowest BCUT2D eigenvalue weighted by molar-refractivity contribution is 0.110. The third-order valence-electron chi connectivity index (χ3n) is 3.98. The molecular formula is C16H18N2O4S. The van der Waals surface area contributed by atoms with Crippen molar-refractivity contribution in [1.29, 1.82) is 0 Å². The Hall–Kier alpha value is -1.96. The van der Waals surface area contributed by atoms with Gasteiger partial charge in [0, 0.05) is 31.7 Å². The van der Waals surface area contributed by atoms with Crippen molar-refractivity contribution in [3.8, 4) is 11.3 Å². The highest BCUT2D eigenvalue weighted by atomic mass is 32.2. The molecule has 1 saturated heterocycles. The van der Waals surface area contributed by atoms with Crippen LogP contribution in [0.5, 0.6) is 0 Å². The molecule has 0 spiro atoms. The van der Waals surface area contributed by atoms with Gasteiger partial charge in [-0.2, -0.15) is 4.31 Å². The molecule has 23 heavy (non-hydrogen) atoms. The van der Waals surface area contributed by atoms with Gasteiger partial charge >= 0.3 is 0 Å². The van der Waals surface area contributed by atoms with Crippen LogP contribution in [0.4, 0.5) is 0 Å². The van der Waals surface area contributed by atoms with E-state index in [-0.39, 0.29) is 10.7 Å². The summed E-state index contributed by atoms with van der Waals surface area (Å²) in [5.41, 5.74) is 0.472. The Morgan fingerprint density at radius 1 is 1.04 bits per heavy atom. The number of hydrogen-bond donors (Lipinski definition) is 0. The van der Waals surface area contributed by atoms with E-state index in [1.165, 1.54) is 10.4 Å². The molecule has 0 N–H and O–H groups in total. The van der Waals surface area contributed by atoms with Crippen LogP contribution in [0, 0.1) is 0 Å². The van der Waals surface area contributed by atoms with E-state index in [0.29, 0.717) is 43.8 Å². The molecule has 0 saturated carbocycles. The third-order valence-corrected chi connectivity index (χ3v) is 5.93. The van der Waals surface area contributed by atoms with Crippen molar-refractivity contribution in [2.45, 2.75) is 4.90 Å². The number of hydrogen-bond acceptors (Lipinski definition) is 5. The Bertz CT molecular complexity index is 805. The van der Waals surface area contributed by atoms with Crippen LogP contribution in [-0.2, 0) is 10.0 Å². The number of likely N-dealkylation sites (N-methyl/N-ethyl adjacent to an activating group) is 1. The molecule has 0 amide bonds. The van der Waals surface area contributed by atoms with Gasteiger partial charge in [-0.3, -0.25) is 4.79 Å². The van der Waals surface area contributed by atoms with E-state index in [4.69, 9.17) is 4.42 Å². The number of aldehydes is 1. The number of piperazine rings is 1. The predicted molar refractivity (Wildman–Crippen MR) is 85.8 cm³/mol. The molecule has 1 aromatic carbocycles. The smallest absolute Gasteiger partial charge is 0.243 e. The molecule has 2 aromatic rings. The number of carbonyl (C=O) groups is 1. The van der Waals surface area contributed by atoms with Gasteiger partial charge in [0.05, 0.1) is 4.90 Å². The van der Waals surface area contributed by atoms with Crippen LogP contribution in [-0.4, -0.2) is 57.1 Å². The first-order valence-electron chi connectivity index (χ1n) is 7.35. The fourth-order valence-corrected chi connectivity index (χ4v) is 4.24. The molecule has 0 radical (unpaired) electrons. The fraction of sp³-hybridized carbons (Fsp3) is 0.312. The normalized spacial score (nSPS) is 17.3. The van der Waals surface area contributed by atoms with Gasteiger partial charge < -0.3 is 9.32 Å². The molecule has 0 aliphatic carbocycles. The molecule has 2 heterocycles. The summed E-state index contributed by atoms with van der Waals surface area (Å²) in [6.07, 6.45) is 0.598. The zero-order valence-electron chi connectivity index (χ0n) is 12.8. The maximum Gasteiger partial charge on any atom is 0.243 e. The van der Waals surface area contributed by atoms with Crippen molar-refractivity contribution in [3.63, 3.8) is 0 Å². The molecule has 1 aliphatic heterocycles. The molecule has 3 rings (SSSR count). The Labute approximate surface area is 135 Å². The van der Waals surface area contributed by atoms with Crippen LogP contribution in [0.25, 0.3) is 11.3 Å². The summed E-state index contributed by atoms with van der Waals surface area (Å²) in [4.78, 5) is 13.1. The van der Waals surface area contributed by atoms with Crippen molar-refractivity contribution in [2.75, 3.05) is 33.2 Å². The van der Waals surface area contributed by atoms with Gasteiger partial charge in [0.1, 0.15) is 5.76 Å². The molecule has 1 aliphatic rings. The van der Waals surface area contributed by atoms with Gasteiger partial charge in [-0.1, -0.05) is 12.1 Å². The lowest BCUT2D eigenvalue weighted by atomic mass is 10.2. The summed E-state index contributed by atoms with van der Waals surface area (Å²) in [6, 6.07) is 9.85. The largest absolute Gasteiger partial charge is 0.453 e. The molecule has 0 bridgehead atoms. The molecule has 1 aromatic heterocycles. The second-order valence-corrected chi connectivity index (χ2v) is 7.43. The van der Waals surface area contributed by atoms with Crippen molar-refractivity contribution >= 4 is 16.3 Å². The maximum absolute atomic E-state index is 13.0. The number of nitrogens with zero attached hydrogens (tertiary/aromatic N) is 2. The van der Waals surface area contributed by atoms with E-state index in [1.807, 2.05) is 7.05 Å². The monoisotopic (exact) mass is 334 g/mol. The van der Waals surface area contributed by atoms with Gasteiger partial charge in [-0.25, -0.2) is 8.42 Å². The average molecular weight is 334 g/mol. The van der Waals surface area contributed by atoms with Crippen molar-refractivity contribution in [2.24, 2.45) is 0 Å². The Morgan fingerprint density at radius 2 is 1.74 bits per heavy atom. The van der Waals surface area contributed by atoms with E-state index in [9.17, 15) is 13.2 Å². The van der Waals surface area contributed by atoms with Crippen LogP contribution >= 0.6 is 0 Å². The zero-order valence-corrected chi connectivity index (χ0v) is 13.6. The quantitative estimate of drug-likeness (QED) is 0.796. The molecule has 1 fully saturated rings. The van der Waals surface area contributed by atoms with Crippen LogP contribution in [0.15, 0.2) is 45.7 Å². The average Bonchev–Trinajstić information content (AvgIpc) is 3.04. The molecule has 0 unspecified atom stereocenters. The Kier molecular flexibility index (Phi) is 4.34. The highest BCUT2D eigenvalue weighted by Gasteiger charge is 2.30. The molecule has 6 nitrogen and oxygen atoms in total. The first-order chi connectivity index (χ1) is 11.0. The summed E-state index contributed by atoms with van der Waals surface area (Å²) in [5.74, 6) is 0.548. The number of benzene rings is 1. The maximum atomic E-state index is 13.0. The predicted octanol–water partition coefficient (Wildman–Crippen LogP) is 1.70. The van der Waals surface area contributed by atoms with Gasteiger partial charge in [-0.15, -0.1) is 0 Å². The van der Waals surface area contributed by atoms with E-state index in [2.05, 4.69) is 4.90 Å². The zero-order chi connectivity index (χ0) is 16.4. The second-order valence-electron chi connectivity index (χ2n) is 5.52.